The Hall–Kier alpha value is -1.36. The molecule has 0 saturated carbocycles. The molecule has 0 aromatic rings. The van der Waals surface area contributed by atoms with Crippen LogP contribution in [0.4, 0.5) is 0 Å². The van der Waals surface area contributed by atoms with Crippen molar-refractivity contribution < 1.29 is 4.74 Å². The molecule has 0 saturated heterocycles. The van der Waals surface area contributed by atoms with Crippen molar-refractivity contribution in [2.45, 2.75) is 40.2 Å². The Balaban J connectivity index is 2.60. The molecule has 1 unspecified atom stereocenters. The number of ether oxygens (including phenoxy) is 1. The summed E-state index contributed by atoms with van der Waals surface area (Å²) in [6.45, 7) is 9.04. The molecule has 1 aliphatic heterocycles. The van der Waals surface area contributed by atoms with E-state index in [0.717, 1.165) is 12.2 Å². The van der Waals surface area contributed by atoms with E-state index in [0.29, 0.717) is 6.73 Å². The van der Waals surface area contributed by atoms with Crippen molar-refractivity contribution in [1.29, 1.82) is 0 Å². The quantitative estimate of drug-likeness (QED) is 0.706. The van der Waals surface area contributed by atoms with Gasteiger partial charge in [0.15, 0.2) is 0 Å². The second-order valence-corrected chi connectivity index (χ2v) is 5.53. The Morgan fingerprint density at radius 3 is 2.61 bits per heavy atom. The van der Waals surface area contributed by atoms with Gasteiger partial charge >= 0.3 is 0 Å². The number of nitroso groups, excluding NO2 is 1. The summed E-state index contributed by atoms with van der Waals surface area (Å²) in [5, 5.41) is 2.82. The molecule has 102 valence electrons. The maximum Gasteiger partial charge on any atom is 0.136 e. The van der Waals surface area contributed by atoms with Gasteiger partial charge in [-0.05, 0) is 17.0 Å². The number of nitrogens with zero attached hydrogens (tertiary/aromatic N) is 3. The molecule has 0 spiro atoms. The molecule has 18 heavy (non-hydrogen) atoms. The van der Waals surface area contributed by atoms with E-state index in [1.54, 1.807) is 0 Å². The highest BCUT2D eigenvalue weighted by atomic mass is 16.5. The Kier molecular flexibility index (Phi) is 4.90. The lowest BCUT2D eigenvalue weighted by Crippen LogP contribution is -2.33. The van der Waals surface area contributed by atoms with Gasteiger partial charge in [0, 0.05) is 19.4 Å². The molecule has 1 rings (SSSR count). The summed E-state index contributed by atoms with van der Waals surface area (Å²) in [5.74, 6) is 0.730. The lowest BCUT2D eigenvalue weighted by Gasteiger charge is -2.32. The third-order valence-corrected chi connectivity index (χ3v) is 3.05. The van der Waals surface area contributed by atoms with Gasteiger partial charge in [0.05, 0.1) is 6.10 Å². The highest BCUT2D eigenvalue weighted by Crippen LogP contribution is 2.26. The molecular weight excluding hydrogens is 230 g/mol. The van der Waals surface area contributed by atoms with Crippen LogP contribution < -0.4 is 0 Å². The second-order valence-electron chi connectivity index (χ2n) is 5.53. The first-order valence-corrected chi connectivity index (χ1v) is 6.22. The molecule has 0 radical (unpaired) electrons. The first-order chi connectivity index (χ1) is 8.40. The van der Waals surface area contributed by atoms with Crippen LogP contribution in [0.5, 0.6) is 0 Å². The summed E-state index contributed by atoms with van der Waals surface area (Å²) < 4.78 is 5.93. The van der Waals surface area contributed by atoms with Crippen LogP contribution in [0, 0.1) is 10.3 Å². The van der Waals surface area contributed by atoms with E-state index < -0.39 is 0 Å². The fourth-order valence-corrected chi connectivity index (χ4v) is 2.01. The van der Waals surface area contributed by atoms with Gasteiger partial charge in [-0.2, -0.15) is 0 Å². The Morgan fingerprint density at radius 1 is 1.44 bits per heavy atom. The molecule has 0 fully saturated rings. The standard InChI is InChI=1S/C13H23N3O2/c1-6-11(13(2,3)4)18-10-16-8-7-15(5)12(16)9-14-17/h7-9,11H,6,10H2,1-5H3/b12-9-. The molecule has 1 heterocycles. The fraction of sp³-hybridized carbons (Fsp3) is 0.692. The second kappa shape index (κ2) is 6.00. The largest absolute Gasteiger partial charge is 0.357 e. The van der Waals surface area contributed by atoms with Crippen LogP contribution in [0.25, 0.3) is 0 Å². The minimum atomic E-state index is 0.108. The average Bonchev–Trinajstić information content (AvgIpc) is 2.61. The zero-order valence-corrected chi connectivity index (χ0v) is 11.9. The van der Waals surface area contributed by atoms with Crippen LogP contribution in [0.15, 0.2) is 29.6 Å². The molecule has 0 amide bonds. The first-order valence-electron chi connectivity index (χ1n) is 6.22. The maximum absolute atomic E-state index is 10.4. The molecule has 1 aliphatic rings. The predicted molar refractivity (Wildman–Crippen MR) is 72.1 cm³/mol. The molecule has 0 aliphatic carbocycles. The Bertz CT molecular complexity index is 345. The average molecular weight is 253 g/mol. The summed E-state index contributed by atoms with van der Waals surface area (Å²) in [7, 11) is 1.87. The van der Waals surface area contributed by atoms with E-state index in [2.05, 4.69) is 32.9 Å². The van der Waals surface area contributed by atoms with Crippen molar-refractivity contribution in [3.8, 4) is 0 Å². The molecule has 0 bridgehead atoms. The molecule has 0 aromatic carbocycles. The highest BCUT2D eigenvalue weighted by Gasteiger charge is 2.25. The van der Waals surface area contributed by atoms with Crippen LogP contribution in [0.2, 0.25) is 0 Å². The van der Waals surface area contributed by atoms with E-state index in [4.69, 9.17) is 4.74 Å². The predicted octanol–water partition coefficient (Wildman–Crippen LogP) is 3.07. The summed E-state index contributed by atoms with van der Waals surface area (Å²) in [6.07, 6.45) is 6.19. The number of hydrogen-bond donors (Lipinski definition) is 0. The van der Waals surface area contributed by atoms with Gasteiger partial charge in [0.2, 0.25) is 0 Å². The van der Waals surface area contributed by atoms with Gasteiger partial charge in [-0.25, -0.2) is 0 Å². The van der Waals surface area contributed by atoms with Gasteiger partial charge in [-0.1, -0.05) is 27.7 Å². The van der Waals surface area contributed by atoms with Crippen molar-refractivity contribution in [3.63, 3.8) is 0 Å². The van der Waals surface area contributed by atoms with Gasteiger partial charge in [-0.3, -0.25) is 0 Å². The summed E-state index contributed by atoms with van der Waals surface area (Å²) in [6, 6.07) is 0. The van der Waals surface area contributed by atoms with Gasteiger partial charge in [0.1, 0.15) is 18.8 Å². The van der Waals surface area contributed by atoms with Crippen LogP contribution >= 0.6 is 0 Å². The number of hydrogen-bond acceptors (Lipinski definition) is 5. The van der Waals surface area contributed by atoms with Gasteiger partial charge in [0.25, 0.3) is 0 Å². The minimum Gasteiger partial charge on any atom is -0.357 e. The lowest BCUT2D eigenvalue weighted by molar-refractivity contribution is -0.0528. The Labute approximate surface area is 109 Å². The molecule has 1 atom stereocenters. The summed E-state index contributed by atoms with van der Waals surface area (Å²) >= 11 is 0. The Morgan fingerprint density at radius 2 is 2.11 bits per heavy atom. The van der Waals surface area contributed by atoms with Crippen molar-refractivity contribution in [2.75, 3.05) is 13.8 Å². The van der Waals surface area contributed by atoms with E-state index >= 15 is 0 Å². The van der Waals surface area contributed by atoms with Crippen molar-refractivity contribution in [2.24, 2.45) is 10.6 Å². The molecule has 5 nitrogen and oxygen atoms in total. The van der Waals surface area contributed by atoms with Crippen molar-refractivity contribution in [1.82, 2.24) is 9.80 Å². The number of rotatable bonds is 5. The van der Waals surface area contributed by atoms with Crippen LogP contribution in [0.3, 0.4) is 0 Å². The van der Waals surface area contributed by atoms with Gasteiger partial charge in [-0.15, -0.1) is 4.91 Å². The zero-order valence-electron chi connectivity index (χ0n) is 11.9. The first kappa shape index (κ1) is 14.7. The van der Waals surface area contributed by atoms with Crippen LogP contribution in [-0.2, 0) is 4.74 Å². The minimum absolute atomic E-state index is 0.108. The SMILES string of the molecule is CCC(OCN1C=CN(C)/C1=C/N=O)C(C)(C)C. The van der Waals surface area contributed by atoms with E-state index in [1.165, 1.54) is 6.20 Å². The van der Waals surface area contributed by atoms with Crippen LogP contribution in [0.1, 0.15) is 34.1 Å². The molecule has 0 N–H and O–H groups in total. The van der Waals surface area contributed by atoms with E-state index in [-0.39, 0.29) is 11.5 Å². The summed E-state index contributed by atoms with van der Waals surface area (Å²) in [4.78, 5) is 14.1. The molecular formula is C13H23N3O2. The third kappa shape index (κ3) is 3.57. The van der Waals surface area contributed by atoms with Crippen LogP contribution in [-0.4, -0.2) is 29.7 Å². The van der Waals surface area contributed by atoms with E-state index in [9.17, 15) is 4.91 Å². The fourth-order valence-electron chi connectivity index (χ4n) is 2.01. The monoisotopic (exact) mass is 253 g/mol. The smallest absolute Gasteiger partial charge is 0.136 e. The summed E-state index contributed by atoms with van der Waals surface area (Å²) in [5.41, 5.74) is 0.108. The third-order valence-electron chi connectivity index (χ3n) is 3.05. The normalized spacial score (nSPS) is 19.7. The zero-order chi connectivity index (χ0) is 13.8. The van der Waals surface area contributed by atoms with Gasteiger partial charge < -0.3 is 14.5 Å². The molecule has 0 aromatic heterocycles. The van der Waals surface area contributed by atoms with Crippen molar-refractivity contribution in [3.05, 3.63) is 29.3 Å². The maximum atomic E-state index is 10.4. The topological polar surface area (TPSA) is 45.1 Å². The molecule has 5 heteroatoms. The lowest BCUT2D eigenvalue weighted by atomic mass is 9.87. The highest BCUT2D eigenvalue weighted by molar-refractivity contribution is 5.12. The van der Waals surface area contributed by atoms with Crippen molar-refractivity contribution >= 4 is 0 Å². The van der Waals surface area contributed by atoms with E-state index in [1.807, 2.05) is 29.2 Å².